The summed E-state index contributed by atoms with van der Waals surface area (Å²) in [6.45, 7) is 1.50. The normalized spacial score (nSPS) is 10.2. The van der Waals surface area contributed by atoms with Crippen LogP contribution in [0.25, 0.3) is 0 Å². The van der Waals surface area contributed by atoms with Gasteiger partial charge in [-0.1, -0.05) is 11.8 Å². The summed E-state index contributed by atoms with van der Waals surface area (Å²) in [5.74, 6) is -0.0255. The molecule has 6 heteroatoms. The second-order valence-electron chi connectivity index (χ2n) is 2.74. The molecule has 0 amide bonds. The van der Waals surface area contributed by atoms with Crippen LogP contribution in [-0.4, -0.2) is 20.1 Å². The van der Waals surface area contributed by atoms with Gasteiger partial charge >= 0.3 is 0 Å². The molecule has 2 aromatic rings. The number of rotatable bonds is 3. The van der Waals surface area contributed by atoms with Crippen LogP contribution in [-0.2, 0) is 0 Å². The van der Waals surface area contributed by atoms with E-state index in [1.165, 1.54) is 36.5 Å². The molecular formula is C9H7N3OS2. The number of Topliss-reactive ketones (excluding diaryl/α,β-unsaturated/α-hetero) is 1. The summed E-state index contributed by atoms with van der Waals surface area (Å²) in [4.78, 5) is 20.0. The molecule has 0 N–H and O–H groups in total. The van der Waals surface area contributed by atoms with Crippen LogP contribution in [0.2, 0.25) is 0 Å². The van der Waals surface area contributed by atoms with E-state index in [2.05, 4.69) is 14.3 Å². The zero-order valence-corrected chi connectivity index (χ0v) is 9.51. The Hall–Kier alpha value is -1.27. The first kappa shape index (κ1) is 10.3. The fraction of sp³-hybridized carbons (Fsp3) is 0.111. The Bertz CT molecular complexity index is 453. The minimum absolute atomic E-state index is 0.0255. The molecule has 0 unspecified atom stereocenters. The van der Waals surface area contributed by atoms with E-state index in [0.29, 0.717) is 5.69 Å². The molecule has 0 aliphatic carbocycles. The average molecular weight is 237 g/mol. The van der Waals surface area contributed by atoms with Gasteiger partial charge in [0.1, 0.15) is 12.0 Å². The summed E-state index contributed by atoms with van der Waals surface area (Å²) in [6, 6.07) is 3.57. The second kappa shape index (κ2) is 4.50. The number of hydrogen-bond acceptors (Lipinski definition) is 6. The minimum Gasteiger partial charge on any atom is -0.293 e. The van der Waals surface area contributed by atoms with E-state index in [4.69, 9.17) is 0 Å². The molecule has 0 saturated heterocycles. The Balaban J connectivity index is 2.14. The van der Waals surface area contributed by atoms with Crippen LogP contribution in [0.15, 0.2) is 33.9 Å². The lowest BCUT2D eigenvalue weighted by Gasteiger charge is -1.97. The molecule has 76 valence electrons. The average Bonchev–Trinajstić information content (AvgIpc) is 2.71. The first-order valence-corrected chi connectivity index (χ1v) is 5.76. The lowest BCUT2D eigenvalue weighted by molar-refractivity contribution is 0.101. The van der Waals surface area contributed by atoms with Gasteiger partial charge in [0.2, 0.25) is 0 Å². The predicted molar refractivity (Wildman–Crippen MR) is 58.3 cm³/mol. The Morgan fingerprint density at radius 2 is 2.27 bits per heavy atom. The molecule has 0 fully saturated rings. The van der Waals surface area contributed by atoms with E-state index < -0.39 is 0 Å². The number of hydrogen-bond donors (Lipinski definition) is 0. The van der Waals surface area contributed by atoms with Crippen molar-refractivity contribution in [3.63, 3.8) is 0 Å². The lowest BCUT2D eigenvalue weighted by Crippen LogP contribution is -1.94. The van der Waals surface area contributed by atoms with Gasteiger partial charge in [-0.2, -0.15) is 4.37 Å². The van der Waals surface area contributed by atoms with Crippen molar-refractivity contribution in [2.45, 2.75) is 16.2 Å². The summed E-state index contributed by atoms with van der Waals surface area (Å²) in [5, 5.41) is 0. The van der Waals surface area contributed by atoms with Crippen molar-refractivity contribution in [3.8, 4) is 0 Å². The van der Waals surface area contributed by atoms with Crippen LogP contribution in [0.4, 0.5) is 0 Å². The monoisotopic (exact) mass is 237 g/mol. The standard InChI is InChI=1S/C9H7N3OS2/c1-6(13)8-3-2-7(4-10-8)14-9-11-5-12-15-9/h2-5H,1H3. The third-order valence-electron chi connectivity index (χ3n) is 1.64. The largest absolute Gasteiger partial charge is 0.293 e. The molecule has 0 atom stereocenters. The van der Waals surface area contributed by atoms with Gasteiger partial charge in [0.15, 0.2) is 10.1 Å². The van der Waals surface area contributed by atoms with Crippen LogP contribution in [0.3, 0.4) is 0 Å². The van der Waals surface area contributed by atoms with Crippen molar-refractivity contribution < 1.29 is 4.79 Å². The van der Waals surface area contributed by atoms with Gasteiger partial charge in [-0.15, -0.1) is 0 Å². The van der Waals surface area contributed by atoms with Crippen LogP contribution >= 0.6 is 23.3 Å². The van der Waals surface area contributed by atoms with E-state index in [1.807, 2.05) is 6.07 Å². The zero-order chi connectivity index (χ0) is 10.7. The third kappa shape index (κ3) is 2.60. The molecular weight excluding hydrogens is 230 g/mol. The van der Waals surface area contributed by atoms with E-state index in [-0.39, 0.29) is 5.78 Å². The van der Waals surface area contributed by atoms with Crippen molar-refractivity contribution >= 4 is 29.1 Å². The number of carbonyl (C=O) groups excluding carboxylic acids is 1. The van der Waals surface area contributed by atoms with Gasteiger partial charge in [-0.05, 0) is 23.7 Å². The molecule has 2 heterocycles. The zero-order valence-electron chi connectivity index (χ0n) is 7.88. The lowest BCUT2D eigenvalue weighted by atomic mass is 10.3. The van der Waals surface area contributed by atoms with E-state index >= 15 is 0 Å². The molecule has 0 spiro atoms. The number of aromatic nitrogens is 3. The number of carbonyl (C=O) groups is 1. The van der Waals surface area contributed by atoms with Gasteiger partial charge in [0.05, 0.1) is 0 Å². The summed E-state index contributed by atoms with van der Waals surface area (Å²) in [5.41, 5.74) is 0.483. The Kier molecular flexibility index (Phi) is 3.08. The molecule has 2 aromatic heterocycles. The maximum Gasteiger partial charge on any atom is 0.178 e. The molecule has 0 saturated carbocycles. The summed E-state index contributed by atoms with van der Waals surface area (Å²) < 4.78 is 4.77. The SMILES string of the molecule is CC(=O)c1ccc(Sc2ncns2)cn1. The van der Waals surface area contributed by atoms with E-state index in [1.54, 1.807) is 12.3 Å². The highest BCUT2D eigenvalue weighted by Gasteiger charge is 2.03. The predicted octanol–water partition coefficient (Wildman–Crippen LogP) is 2.29. The van der Waals surface area contributed by atoms with Gasteiger partial charge in [0, 0.05) is 18.0 Å². The first-order chi connectivity index (χ1) is 7.25. The highest BCUT2D eigenvalue weighted by Crippen LogP contribution is 2.27. The van der Waals surface area contributed by atoms with Crippen molar-refractivity contribution in [2.24, 2.45) is 0 Å². The number of pyridine rings is 1. The smallest absolute Gasteiger partial charge is 0.178 e. The molecule has 0 bridgehead atoms. The first-order valence-electron chi connectivity index (χ1n) is 4.17. The van der Waals surface area contributed by atoms with Crippen molar-refractivity contribution in [1.29, 1.82) is 0 Å². The third-order valence-corrected chi connectivity index (χ3v) is 3.34. The van der Waals surface area contributed by atoms with Crippen LogP contribution in [0.1, 0.15) is 17.4 Å². The van der Waals surface area contributed by atoms with Crippen LogP contribution in [0, 0.1) is 0 Å². The van der Waals surface area contributed by atoms with Crippen molar-refractivity contribution in [3.05, 3.63) is 30.4 Å². The summed E-state index contributed by atoms with van der Waals surface area (Å²) in [6.07, 6.45) is 3.19. The summed E-state index contributed by atoms with van der Waals surface area (Å²) in [7, 11) is 0. The fourth-order valence-corrected chi connectivity index (χ4v) is 2.35. The molecule has 15 heavy (non-hydrogen) atoms. The number of nitrogens with zero attached hydrogens (tertiary/aromatic N) is 3. The highest BCUT2D eigenvalue weighted by molar-refractivity contribution is 8.01. The van der Waals surface area contributed by atoms with Crippen LogP contribution < -0.4 is 0 Å². The minimum atomic E-state index is -0.0255. The molecule has 4 nitrogen and oxygen atoms in total. The highest BCUT2D eigenvalue weighted by atomic mass is 32.2. The van der Waals surface area contributed by atoms with E-state index in [0.717, 1.165) is 9.24 Å². The fourth-order valence-electron chi connectivity index (χ4n) is 0.958. The van der Waals surface area contributed by atoms with Crippen molar-refractivity contribution in [2.75, 3.05) is 0 Å². The molecule has 0 aromatic carbocycles. The maximum atomic E-state index is 11.0. The van der Waals surface area contributed by atoms with Gasteiger partial charge in [0.25, 0.3) is 0 Å². The Morgan fingerprint density at radius 1 is 1.40 bits per heavy atom. The second-order valence-corrected chi connectivity index (χ2v) is 4.85. The van der Waals surface area contributed by atoms with Gasteiger partial charge < -0.3 is 0 Å². The Morgan fingerprint density at radius 3 is 2.80 bits per heavy atom. The van der Waals surface area contributed by atoms with Crippen LogP contribution in [0.5, 0.6) is 0 Å². The van der Waals surface area contributed by atoms with Gasteiger partial charge in [-0.25, -0.2) is 4.98 Å². The quantitative estimate of drug-likeness (QED) is 0.766. The molecule has 0 radical (unpaired) electrons. The van der Waals surface area contributed by atoms with E-state index in [9.17, 15) is 4.79 Å². The molecule has 2 rings (SSSR count). The summed E-state index contributed by atoms with van der Waals surface area (Å²) >= 11 is 2.82. The number of ketones is 1. The molecule has 0 aliphatic heterocycles. The Labute approximate surface area is 94.9 Å². The molecule has 0 aliphatic rings. The van der Waals surface area contributed by atoms with Gasteiger partial charge in [-0.3, -0.25) is 9.78 Å². The van der Waals surface area contributed by atoms with Crippen molar-refractivity contribution in [1.82, 2.24) is 14.3 Å². The topological polar surface area (TPSA) is 55.7 Å². The maximum absolute atomic E-state index is 11.0.